The maximum Gasteiger partial charge on any atom is 0.0897 e. The zero-order chi connectivity index (χ0) is 13.8. The molecule has 0 aromatic heterocycles. The topological polar surface area (TPSA) is 65.0 Å². The summed E-state index contributed by atoms with van der Waals surface area (Å²) >= 11 is 0. The molecule has 0 aliphatic carbocycles. The zero-order valence-corrected chi connectivity index (χ0v) is 12.1. The van der Waals surface area contributed by atoms with Gasteiger partial charge in [-0.25, -0.2) is 0 Å². The Balaban J connectivity index is 3.37. The van der Waals surface area contributed by atoms with Gasteiger partial charge in [0.05, 0.1) is 25.4 Å². The molecule has 0 saturated carbocycles. The summed E-state index contributed by atoms with van der Waals surface area (Å²) in [6.07, 6.45) is 0.372. The van der Waals surface area contributed by atoms with Crippen LogP contribution in [-0.4, -0.2) is 73.3 Å². The first-order chi connectivity index (χ1) is 8.63. The molecule has 0 radical (unpaired) electrons. The number of hydrogen-bond donors (Lipinski definition) is 3. The van der Waals surface area contributed by atoms with Crippen LogP contribution in [0.25, 0.3) is 0 Å². The van der Waals surface area contributed by atoms with Crippen molar-refractivity contribution in [3.8, 4) is 0 Å². The predicted octanol–water partition coefficient (Wildman–Crippen LogP) is 0.0662. The lowest BCUT2D eigenvalue weighted by atomic mass is 10.3. The second-order valence-corrected chi connectivity index (χ2v) is 4.56. The monoisotopic (exact) mass is 262 g/mol. The third kappa shape index (κ3) is 9.79. The van der Waals surface area contributed by atoms with Gasteiger partial charge >= 0.3 is 0 Å². The molecule has 2 unspecified atom stereocenters. The Kier molecular flexibility index (Phi) is 11.7. The number of rotatable bonds is 12. The van der Waals surface area contributed by atoms with Crippen LogP contribution in [0.3, 0.4) is 0 Å². The van der Waals surface area contributed by atoms with Crippen molar-refractivity contribution in [2.24, 2.45) is 0 Å². The average molecular weight is 262 g/mol. The van der Waals surface area contributed by atoms with Gasteiger partial charge in [-0.15, -0.1) is 0 Å². The maximum absolute atomic E-state index is 9.61. The summed E-state index contributed by atoms with van der Waals surface area (Å²) in [4.78, 5) is 2.38. The number of nitrogens with zero attached hydrogens (tertiary/aromatic N) is 1. The summed E-state index contributed by atoms with van der Waals surface area (Å²) in [5, 5.41) is 21.6. The lowest BCUT2D eigenvalue weighted by molar-refractivity contribution is -0.0225. The highest BCUT2D eigenvalue weighted by Gasteiger charge is 2.07. The summed E-state index contributed by atoms with van der Waals surface area (Å²) in [5.74, 6) is 0. The minimum absolute atomic E-state index is 0.00990. The van der Waals surface area contributed by atoms with Crippen molar-refractivity contribution in [3.05, 3.63) is 0 Å². The van der Waals surface area contributed by atoms with Crippen LogP contribution < -0.4 is 5.32 Å². The van der Waals surface area contributed by atoms with E-state index in [-0.39, 0.29) is 19.3 Å². The molecule has 5 nitrogen and oxygen atoms in total. The van der Waals surface area contributed by atoms with Crippen LogP contribution in [0, 0.1) is 0 Å². The van der Waals surface area contributed by atoms with Gasteiger partial charge in [0.15, 0.2) is 0 Å². The van der Waals surface area contributed by atoms with Crippen LogP contribution in [0.1, 0.15) is 27.2 Å². The molecule has 110 valence electrons. The van der Waals surface area contributed by atoms with Gasteiger partial charge in [-0.05, 0) is 39.5 Å². The van der Waals surface area contributed by atoms with Crippen molar-refractivity contribution in [1.82, 2.24) is 10.2 Å². The van der Waals surface area contributed by atoms with Crippen molar-refractivity contribution in [2.45, 2.75) is 39.4 Å². The van der Waals surface area contributed by atoms with Gasteiger partial charge < -0.3 is 25.2 Å². The molecule has 5 heteroatoms. The number of nitrogens with one attached hydrogen (secondary N) is 1. The molecule has 0 amide bonds. The minimum atomic E-state index is -0.507. The molecule has 0 aliphatic rings. The van der Waals surface area contributed by atoms with E-state index in [2.05, 4.69) is 24.1 Å². The number of aliphatic hydroxyl groups excluding tert-OH is 2. The van der Waals surface area contributed by atoms with Gasteiger partial charge in [0.25, 0.3) is 0 Å². The zero-order valence-electron chi connectivity index (χ0n) is 12.1. The lowest BCUT2D eigenvalue weighted by Gasteiger charge is -2.18. The third-order valence-corrected chi connectivity index (χ3v) is 2.93. The van der Waals surface area contributed by atoms with E-state index in [0.29, 0.717) is 6.54 Å². The van der Waals surface area contributed by atoms with Crippen molar-refractivity contribution in [3.63, 3.8) is 0 Å². The smallest absolute Gasteiger partial charge is 0.0897 e. The van der Waals surface area contributed by atoms with Gasteiger partial charge in [0.1, 0.15) is 0 Å². The molecule has 2 atom stereocenters. The molecular weight excluding hydrogens is 232 g/mol. The Morgan fingerprint density at radius 2 is 1.94 bits per heavy atom. The number of ether oxygens (including phenoxy) is 1. The Hall–Kier alpha value is -0.200. The summed E-state index contributed by atoms with van der Waals surface area (Å²) in [5.41, 5.74) is 0. The van der Waals surface area contributed by atoms with Crippen LogP contribution in [0.5, 0.6) is 0 Å². The van der Waals surface area contributed by atoms with Crippen molar-refractivity contribution >= 4 is 0 Å². The molecule has 0 fully saturated rings. The number of hydrogen-bond acceptors (Lipinski definition) is 5. The standard InChI is InChI=1S/C13H30N2O3/c1-4-15(5-2)8-6-7-14-9-13(17)11-18-12(3)10-16/h12-14,16-17H,4-11H2,1-3H3. The molecule has 0 aromatic carbocycles. The maximum atomic E-state index is 9.61. The quantitative estimate of drug-likeness (QED) is 0.434. The number of aliphatic hydroxyl groups is 2. The summed E-state index contributed by atoms with van der Waals surface area (Å²) < 4.78 is 5.23. The average Bonchev–Trinajstić information content (AvgIpc) is 2.40. The molecule has 18 heavy (non-hydrogen) atoms. The van der Waals surface area contributed by atoms with E-state index in [1.807, 2.05) is 0 Å². The second kappa shape index (κ2) is 11.9. The first-order valence-electron chi connectivity index (χ1n) is 6.97. The normalized spacial score (nSPS) is 15.0. The molecule has 0 aromatic rings. The molecule has 0 aliphatic heterocycles. The predicted molar refractivity (Wildman–Crippen MR) is 73.8 cm³/mol. The fraction of sp³-hybridized carbons (Fsp3) is 1.00. The highest BCUT2D eigenvalue weighted by molar-refractivity contribution is 4.61. The van der Waals surface area contributed by atoms with E-state index in [0.717, 1.165) is 32.6 Å². The molecule has 0 heterocycles. The first kappa shape index (κ1) is 17.8. The van der Waals surface area contributed by atoms with Crippen molar-refractivity contribution in [2.75, 3.05) is 45.9 Å². The first-order valence-corrected chi connectivity index (χ1v) is 6.97. The van der Waals surface area contributed by atoms with Crippen LogP contribution in [0.2, 0.25) is 0 Å². The summed E-state index contributed by atoms with van der Waals surface area (Å²) in [7, 11) is 0. The van der Waals surface area contributed by atoms with Crippen molar-refractivity contribution in [1.29, 1.82) is 0 Å². The second-order valence-electron chi connectivity index (χ2n) is 4.56. The fourth-order valence-corrected chi connectivity index (χ4v) is 1.62. The molecular formula is C13H30N2O3. The highest BCUT2D eigenvalue weighted by Crippen LogP contribution is 1.92. The van der Waals surface area contributed by atoms with Gasteiger partial charge in [-0.2, -0.15) is 0 Å². The fourth-order valence-electron chi connectivity index (χ4n) is 1.62. The molecule has 3 N–H and O–H groups in total. The lowest BCUT2D eigenvalue weighted by Crippen LogP contribution is -2.34. The van der Waals surface area contributed by atoms with E-state index >= 15 is 0 Å². The Morgan fingerprint density at radius 3 is 2.50 bits per heavy atom. The van der Waals surface area contributed by atoms with E-state index < -0.39 is 6.10 Å². The Labute approximate surface area is 111 Å². The van der Waals surface area contributed by atoms with Crippen LogP contribution >= 0.6 is 0 Å². The van der Waals surface area contributed by atoms with Gasteiger partial charge in [0, 0.05) is 6.54 Å². The summed E-state index contributed by atoms with van der Waals surface area (Å²) in [6, 6.07) is 0. The van der Waals surface area contributed by atoms with E-state index in [1.165, 1.54) is 0 Å². The molecule has 0 rings (SSSR count). The molecule has 0 saturated heterocycles. The van der Waals surface area contributed by atoms with Gasteiger partial charge in [-0.1, -0.05) is 13.8 Å². The van der Waals surface area contributed by atoms with Crippen molar-refractivity contribution < 1.29 is 14.9 Å². The van der Waals surface area contributed by atoms with E-state index in [4.69, 9.17) is 9.84 Å². The summed E-state index contributed by atoms with van der Waals surface area (Å²) in [6.45, 7) is 11.1. The van der Waals surface area contributed by atoms with E-state index in [1.54, 1.807) is 6.92 Å². The largest absolute Gasteiger partial charge is 0.394 e. The van der Waals surface area contributed by atoms with Crippen LogP contribution in [-0.2, 0) is 4.74 Å². The van der Waals surface area contributed by atoms with E-state index in [9.17, 15) is 5.11 Å². The van der Waals surface area contributed by atoms with Crippen LogP contribution in [0.4, 0.5) is 0 Å². The Bertz CT molecular complexity index is 178. The minimum Gasteiger partial charge on any atom is -0.394 e. The third-order valence-electron chi connectivity index (χ3n) is 2.93. The van der Waals surface area contributed by atoms with Gasteiger partial charge in [-0.3, -0.25) is 0 Å². The van der Waals surface area contributed by atoms with Crippen LogP contribution in [0.15, 0.2) is 0 Å². The SMILES string of the molecule is CCN(CC)CCCNCC(O)COC(C)CO. The molecule has 0 spiro atoms. The van der Waals surface area contributed by atoms with Gasteiger partial charge in [0.2, 0.25) is 0 Å². The molecule has 0 bridgehead atoms. The Morgan fingerprint density at radius 1 is 1.28 bits per heavy atom. The highest BCUT2D eigenvalue weighted by atomic mass is 16.5.